The van der Waals surface area contributed by atoms with E-state index in [1.165, 1.54) is 4.31 Å². The summed E-state index contributed by atoms with van der Waals surface area (Å²) in [5.41, 5.74) is 2.25. The van der Waals surface area contributed by atoms with Crippen LogP contribution in [0.3, 0.4) is 0 Å². The molecule has 0 spiro atoms. The fraction of sp³-hybridized carbons (Fsp3) is 0.240. The van der Waals surface area contributed by atoms with Gasteiger partial charge in [-0.1, -0.05) is 66.2 Å². The molecule has 3 aromatic rings. The Bertz CT molecular complexity index is 1240. The van der Waals surface area contributed by atoms with Gasteiger partial charge in [0.1, 0.15) is 5.75 Å². The maximum absolute atomic E-state index is 13.3. The van der Waals surface area contributed by atoms with Gasteiger partial charge in [-0.25, -0.2) is 8.42 Å². The summed E-state index contributed by atoms with van der Waals surface area (Å²) in [6.07, 6.45) is -0.932. The molecule has 178 valence electrons. The van der Waals surface area contributed by atoms with E-state index in [0.717, 1.165) is 11.3 Å². The van der Waals surface area contributed by atoms with Crippen molar-refractivity contribution in [1.29, 1.82) is 0 Å². The molecule has 1 N–H and O–H groups in total. The second-order valence-corrected chi connectivity index (χ2v) is 11.3. The normalized spacial score (nSPS) is 15.3. The van der Waals surface area contributed by atoms with Crippen LogP contribution < -0.4 is 14.4 Å². The van der Waals surface area contributed by atoms with Crippen LogP contribution in [0, 0.1) is 0 Å². The molecule has 0 saturated carbocycles. The van der Waals surface area contributed by atoms with E-state index in [2.05, 4.69) is 5.32 Å². The van der Waals surface area contributed by atoms with E-state index in [0.29, 0.717) is 34.3 Å². The van der Waals surface area contributed by atoms with Gasteiger partial charge in [-0.2, -0.15) is 11.8 Å². The molecule has 0 radical (unpaired) electrons. The van der Waals surface area contributed by atoms with E-state index in [9.17, 15) is 13.2 Å². The molecule has 0 bridgehead atoms. The van der Waals surface area contributed by atoms with Crippen LogP contribution in [0.15, 0.2) is 78.9 Å². The van der Waals surface area contributed by atoms with E-state index < -0.39 is 16.1 Å². The highest BCUT2D eigenvalue weighted by Crippen LogP contribution is 2.35. The van der Waals surface area contributed by atoms with Crippen LogP contribution in [0.25, 0.3) is 0 Å². The molecule has 1 heterocycles. The standard InChI is InChI=1S/C25H25ClN2O4S2/c26-21-10-6-9-20(15-21)17-33-14-13-27-25(29)24-16-28(22-11-4-5-12-23(22)32-24)34(30,31)18-19-7-2-1-3-8-19/h1-12,15,24H,13-14,16-18H2,(H,27,29)/t24-/m0/s1. The van der Waals surface area contributed by atoms with Crippen LogP contribution >= 0.6 is 23.4 Å². The molecule has 6 nitrogen and oxygen atoms in total. The number of halogens is 1. The number of hydrogen-bond acceptors (Lipinski definition) is 5. The van der Waals surface area contributed by atoms with Crippen LogP contribution in [0.4, 0.5) is 5.69 Å². The number of para-hydroxylation sites is 2. The van der Waals surface area contributed by atoms with Gasteiger partial charge < -0.3 is 10.1 Å². The molecule has 0 unspecified atom stereocenters. The van der Waals surface area contributed by atoms with Gasteiger partial charge in [0, 0.05) is 23.1 Å². The first-order valence-electron chi connectivity index (χ1n) is 10.8. The van der Waals surface area contributed by atoms with Crippen molar-refractivity contribution < 1.29 is 17.9 Å². The van der Waals surface area contributed by atoms with E-state index in [-0.39, 0.29) is 18.2 Å². The number of nitrogens with zero attached hydrogens (tertiary/aromatic N) is 1. The summed E-state index contributed by atoms with van der Waals surface area (Å²) < 4.78 is 33.7. The van der Waals surface area contributed by atoms with Crippen LogP contribution in [-0.4, -0.2) is 39.3 Å². The fourth-order valence-corrected chi connectivity index (χ4v) is 6.24. The monoisotopic (exact) mass is 516 g/mol. The fourth-order valence-electron chi connectivity index (χ4n) is 3.64. The second-order valence-electron chi connectivity index (χ2n) is 7.82. The maximum atomic E-state index is 13.3. The molecule has 0 aliphatic carbocycles. The summed E-state index contributed by atoms with van der Waals surface area (Å²) in [5.74, 6) is 1.38. The minimum atomic E-state index is -3.72. The molecule has 1 amide bonds. The third kappa shape index (κ3) is 6.25. The number of thioether (sulfide) groups is 1. The summed E-state index contributed by atoms with van der Waals surface area (Å²) in [6, 6.07) is 23.6. The lowest BCUT2D eigenvalue weighted by molar-refractivity contribution is -0.127. The zero-order valence-corrected chi connectivity index (χ0v) is 20.8. The Labute approximate surface area is 209 Å². The van der Waals surface area contributed by atoms with Gasteiger partial charge in [0.15, 0.2) is 6.10 Å². The second kappa shape index (κ2) is 11.2. The molecular formula is C25H25ClN2O4S2. The zero-order valence-electron chi connectivity index (χ0n) is 18.4. The summed E-state index contributed by atoms with van der Waals surface area (Å²) in [4.78, 5) is 12.8. The molecule has 0 fully saturated rings. The number of carbonyl (C=O) groups excluding carboxylic acids is 1. The predicted molar refractivity (Wildman–Crippen MR) is 138 cm³/mol. The number of nitrogens with one attached hydrogen (secondary N) is 1. The third-order valence-corrected chi connectivity index (χ3v) is 8.24. The van der Waals surface area contributed by atoms with Crippen molar-refractivity contribution in [2.75, 3.05) is 23.1 Å². The van der Waals surface area contributed by atoms with Crippen LogP contribution in [0.1, 0.15) is 11.1 Å². The van der Waals surface area contributed by atoms with Crippen molar-refractivity contribution in [1.82, 2.24) is 5.32 Å². The van der Waals surface area contributed by atoms with Gasteiger partial charge >= 0.3 is 0 Å². The first kappa shape index (κ1) is 24.4. The molecule has 0 saturated heterocycles. The minimum Gasteiger partial charge on any atom is -0.476 e. The van der Waals surface area contributed by atoms with Gasteiger partial charge in [0.25, 0.3) is 5.91 Å². The van der Waals surface area contributed by atoms with E-state index in [1.807, 2.05) is 30.3 Å². The molecule has 0 aromatic heterocycles. The first-order valence-corrected chi connectivity index (χ1v) is 14.0. The average molecular weight is 517 g/mol. The maximum Gasteiger partial charge on any atom is 0.263 e. The predicted octanol–water partition coefficient (Wildman–Crippen LogP) is 4.49. The van der Waals surface area contributed by atoms with Crippen molar-refractivity contribution in [2.24, 2.45) is 0 Å². The van der Waals surface area contributed by atoms with Crippen molar-refractivity contribution in [2.45, 2.75) is 17.6 Å². The summed E-state index contributed by atoms with van der Waals surface area (Å²) >= 11 is 7.69. The summed E-state index contributed by atoms with van der Waals surface area (Å²) in [5, 5.41) is 3.57. The van der Waals surface area contributed by atoms with Crippen molar-refractivity contribution in [3.63, 3.8) is 0 Å². The Balaban J connectivity index is 1.37. The lowest BCUT2D eigenvalue weighted by Gasteiger charge is -2.34. The molecule has 1 aliphatic rings. The molecule has 3 aromatic carbocycles. The van der Waals surface area contributed by atoms with Gasteiger partial charge in [-0.15, -0.1) is 0 Å². The molecule has 4 rings (SSSR count). The van der Waals surface area contributed by atoms with Crippen LogP contribution in [-0.2, 0) is 26.3 Å². The Kier molecular flexibility index (Phi) is 8.03. The minimum absolute atomic E-state index is 0.0757. The Morgan fingerprint density at radius 3 is 2.56 bits per heavy atom. The SMILES string of the molecule is O=C(NCCSCc1cccc(Cl)c1)[C@@H]1CN(S(=O)(=O)Cc2ccccc2)c2ccccc2O1. The van der Waals surface area contributed by atoms with Gasteiger partial charge in [-0.3, -0.25) is 9.10 Å². The van der Waals surface area contributed by atoms with Crippen LogP contribution in [0.5, 0.6) is 5.75 Å². The number of rotatable bonds is 9. The van der Waals surface area contributed by atoms with Crippen LogP contribution in [0.2, 0.25) is 5.02 Å². The molecule has 1 aliphatic heterocycles. The third-order valence-electron chi connectivity index (χ3n) is 5.26. The molecule has 9 heteroatoms. The lowest BCUT2D eigenvalue weighted by atomic mass is 10.2. The molecule has 34 heavy (non-hydrogen) atoms. The number of carbonyl (C=O) groups is 1. The Morgan fingerprint density at radius 1 is 1.03 bits per heavy atom. The number of ether oxygens (including phenoxy) is 1. The Morgan fingerprint density at radius 2 is 1.76 bits per heavy atom. The highest BCUT2D eigenvalue weighted by atomic mass is 35.5. The smallest absolute Gasteiger partial charge is 0.263 e. The van der Waals surface area contributed by atoms with Crippen molar-refractivity contribution >= 4 is 45.0 Å². The van der Waals surface area contributed by atoms with E-state index in [1.54, 1.807) is 60.3 Å². The lowest BCUT2D eigenvalue weighted by Crippen LogP contribution is -2.51. The largest absolute Gasteiger partial charge is 0.476 e. The van der Waals surface area contributed by atoms with Gasteiger partial charge in [0.2, 0.25) is 10.0 Å². The number of amides is 1. The number of benzene rings is 3. The highest BCUT2D eigenvalue weighted by molar-refractivity contribution is 7.98. The average Bonchev–Trinajstić information content (AvgIpc) is 2.83. The Hall–Kier alpha value is -2.68. The zero-order chi connectivity index (χ0) is 24.0. The highest BCUT2D eigenvalue weighted by Gasteiger charge is 2.36. The first-order chi connectivity index (χ1) is 16.4. The summed E-state index contributed by atoms with van der Waals surface area (Å²) in [6.45, 7) is 0.371. The van der Waals surface area contributed by atoms with E-state index in [4.69, 9.17) is 16.3 Å². The number of fused-ring (bicyclic) bond motifs is 1. The van der Waals surface area contributed by atoms with Crippen molar-refractivity contribution in [3.05, 3.63) is 95.0 Å². The number of hydrogen-bond donors (Lipinski definition) is 1. The number of sulfonamides is 1. The van der Waals surface area contributed by atoms with Gasteiger partial charge in [-0.05, 0) is 35.4 Å². The summed E-state index contributed by atoms with van der Waals surface area (Å²) in [7, 11) is -3.72. The van der Waals surface area contributed by atoms with Crippen molar-refractivity contribution in [3.8, 4) is 5.75 Å². The topological polar surface area (TPSA) is 75.7 Å². The quantitative estimate of drug-likeness (QED) is 0.424. The van der Waals surface area contributed by atoms with Gasteiger partial charge in [0.05, 0.1) is 18.0 Å². The molecular weight excluding hydrogens is 492 g/mol. The molecule has 1 atom stereocenters. The number of anilines is 1. The van der Waals surface area contributed by atoms with E-state index >= 15 is 0 Å².